The Morgan fingerprint density at radius 1 is 1.35 bits per heavy atom. The van der Waals surface area contributed by atoms with Crippen molar-refractivity contribution < 1.29 is 24.3 Å². The molecule has 3 rings (SSSR count). The number of amides is 2. The highest BCUT2D eigenvalue weighted by molar-refractivity contribution is 6.07. The van der Waals surface area contributed by atoms with Crippen LogP contribution in [0.2, 0.25) is 0 Å². The number of rotatable bonds is 2. The molecule has 7 nitrogen and oxygen atoms in total. The summed E-state index contributed by atoms with van der Waals surface area (Å²) in [5.41, 5.74) is 0.736. The predicted octanol–water partition coefficient (Wildman–Crippen LogP) is -0.0399. The molecule has 2 saturated heterocycles. The summed E-state index contributed by atoms with van der Waals surface area (Å²) < 4.78 is 5.06. The highest BCUT2D eigenvalue weighted by Crippen LogP contribution is 2.42. The van der Waals surface area contributed by atoms with Crippen LogP contribution in [0.4, 0.5) is 0 Å². The molecule has 1 aromatic carbocycles. The Kier molecular flexibility index (Phi) is 2.88. The molecule has 0 saturated carbocycles. The van der Waals surface area contributed by atoms with Gasteiger partial charge in [-0.3, -0.25) is 19.7 Å². The van der Waals surface area contributed by atoms with Gasteiger partial charge in [0, 0.05) is 7.05 Å². The Morgan fingerprint density at radius 2 is 2.10 bits per heavy atom. The minimum absolute atomic E-state index is 0.0151. The van der Waals surface area contributed by atoms with Crippen molar-refractivity contribution in [2.24, 2.45) is 5.92 Å². The number of hydrogen-bond donors (Lipinski definition) is 2. The van der Waals surface area contributed by atoms with Gasteiger partial charge in [-0.25, -0.2) is 0 Å². The van der Waals surface area contributed by atoms with Crippen LogP contribution < -0.4 is 10.1 Å². The second kappa shape index (κ2) is 4.46. The van der Waals surface area contributed by atoms with Crippen LogP contribution in [0.25, 0.3) is 0 Å². The fourth-order valence-electron chi connectivity index (χ4n) is 2.77. The molecule has 2 N–H and O–H groups in total. The smallest absolute Gasteiger partial charge is 0.258 e. The zero-order valence-electron chi connectivity index (χ0n) is 11.0. The minimum Gasteiger partial charge on any atom is -0.504 e. The predicted molar refractivity (Wildman–Crippen MR) is 66.7 cm³/mol. The molecule has 2 fully saturated rings. The molecule has 7 heteroatoms. The van der Waals surface area contributed by atoms with Crippen LogP contribution in [0.1, 0.15) is 11.6 Å². The largest absolute Gasteiger partial charge is 0.504 e. The first kappa shape index (κ1) is 12.9. The molecule has 106 valence electrons. The van der Waals surface area contributed by atoms with Crippen LogP contribution in [0.15, 0.2) is 18.2 Å². The highest BCUT2D eigenvalue weighted by Gasteiger charge is 2.55. The van der Waals surface area contributed by atoms with Crippen LogP contribution in [0, 0.1) is 5.92 Å². The summed E-state index contributed by atoms with van der Waals surface area (Å²) in [7, 11) is 3.12. The van der Waals surface area contributed by atoms with Crippen molar-refractivity contribution in [2.75, 3.05) is 14.2 Å². The lowest BCUT2D eigenvalue weighted by Crippen LogP contribution is -2.31. The van der Waals surface area contributed by atoms with Crippen molar-refractivity contribution in [2.45, 2.75) is 12.1 Å². The van der Waals surface area contributed by atoms with E-state index in [1.807, 2.05) is 0 Å². The zero-order chi connectivity index (χ0) is 14.4. The van der Waals surface area contributed by atoms with Gasteiger partial charge in [-0.1, -0.05) is 6.07 Å². The average molecular weight is 278 g/mol. The molecule has 3 atom stereocenters. The highest BCUT2D eigenvalue weighted by atomic mass is 16.7. The van der Waals surface area contributed by atoms with Crippen LogP contribution in [-0.2, 0) is 14.4 Å². The van der Waals surface area contributed by atoms with Gasteiger partial charge in [0.25, 0.3) is 5.91 Å². The van der Waals surface area contributed by atoms with E-state index in [2.05, 4.69) is 5.32 Å². The quantitative estimate of drug-likeness (QED) is 0.738. The maximum atomic E-state index is 11.9. The minimum atomic E-state index is -0.794. The van der Waals surface area contributed by atoms with E-state index in [4.69, 9.17) is 9.57 Å². The first-order valence-electron chi connectivity index (χ1n) is 6.14. The number of fused-ring (bicyclic) bond motifs is 1. The van der Waals surface area contributed by atoms with Crippen LogP contribution in [-0.4, -0.2) is 42.2 Å². The number of nitrogens with one attached hydrogen (secondary N) is 1. The number of benzene rings is 1. The number of ether oxygens (including phenoxy) is 1. The number of phenolic OH excluding ortho intramolecular Hbond substituents is 1. The molecule has 0 aliphatic carbocycles. The van der Waals surface area contributed by atoms with Crippen molar-refractivity contribution in [3.63, 3.8) is 0 Å². The lowest BCUT2D eigenvalue weighted by Gasteiger charge is -2.21. The van der Waals surface area contributed by atoms with Crippen molar-refractivity contribution in [1.29, 1.82) is 0 Å². The summed E-state index contributed by atoms with van der Waals surface area (Å²) in [5, 5.41) is 13.4. The number of hydrogen-bond acceptors (Lipinski definition) is 6. The first-order valence-corrected chi connectivity index (χ1v) is 6.14. The number of hydroxylamine groups is 2. The molecule has 2 aliphatic rings. The van der Waals surface area contributed by atoms with E-state index < -0.39 is 24.0 Å². The Morgan fingerprint density at radius 3 is 2.80 bits per heavy atom. The molecule has 0 aromatic heterocycles. The van der Waals surface area contributed by atoms with Crippen molar-refractivity contribution in [1.82, 2.24) is 10.4 Å². The Balaban J connectivity index is 2.01. The fraction of sp³-hybridized carbons (Fsp3) is 0.385. The molecule has 0 spiro atoms. The molecule has 2 amide bonds. The molecular weight excluding hydrogens is 264 g/mol. The Labute approximate surface area is 115 Å². The van der Waals surface area contributed by atoms with Crippen molar-refractivity contribution in [3.8, 4) is 11.5 Å². The van der Waals surface area contributed by atoms with Gasteiger partial charge < -0.3 is 9.84 Å². The lowest BCUT2D eigenvalue weighted by molar-refractivity contribution is -0.162. The van der Waals surface area contributed by atoms with E-state index in [-0.39, 0.29) is 11.7 Å². The van der Waals surface area contributed by atoms with Gasteiger partial charge in [0.05, 0.1) is 19.1 Å². The van der Waals surface area contributed by atoms with E-state index in [9.17, 15) is 14.7 Å². The van der Waals surface area contributed by atoms with E-state index in [0.717, 1.165) is 5.56 Å². The fourth-order valence-corrected chi connectivity index (χ4v) is 2.77. The third-order valence-corrected chi connectivity index (χ3v) is 3.69. The topological polar surface area (TPSA) is 88.1 Å². The zero-order valence-corrected chi connectivity index (χ0v) is 11.0. The SMILES string of the molecule is COc1cc(C2C3C(=O)NC(=O)C3ON2C)ccc1O. The Hall–Kier alpha value is -2.12. The van der Waals surface area contributed by atoms with E-state index >= 15 is 0 Å². The summed E-state index contributed by atoms with van der Waals surface area (Å²) in [5.74, 6) is -1.03. The van der Waals surface area contributed by atoms with Crippen molar-refractivity contribution >= 4 is 11.8 Å². The average Bonchev–Trinajstić information content (AvgIpc) is 2.89. The number of methoxy groups -OCH3 is 1. The van der Waals surface area contributed by atoms with Gasteiger partial charge in [-0.2, -0.15) is 5.06 Å². The van der Waals surface area contributed by atoms with Gasteiger partial charge in [0.15, 0.2) is 17.6 Å². The third-order valence-electron chi connectivity index (χ3n) is 3.69. The number of imide groups is 1. The molecule has 20 heavy (non-hydrogen) atoms. The molecule has 3 unspecified atom stereocenters. The first-order chi connectivity index (χ1) is 9.52. The van der Waals surface area contributed by atoms with Crippen LogP contribution in [0.3, 0.4) is 0 Å². The lowest BCUT2D eigenvalue weighted by atomic mass is 9.91. The second-order valence-electron chi connectivity index (χ2n) is 4.83. The molecule has 2 aliphatic heterocycles. The number of carbonyl (C=O) groups excluding carboxylic acids is 2. The van der Waals surface area contributed by atoms with Gasteiger partial charge in [-0.05, 0) is 17.7 Å². The molecule has 2 heterocycles. The molecular formula is C13H14N2O5. The maximum Gasteiger partial charge on any atom is 0.258 e. The number of aromatic hydroxyl groups is 1. The summed E-state index contributed by atoms with van der Waals surface area (Å²) in [6.45, 7) is 0. The maximum absolute atomic E-state index is 11.9. The second-order valence-corrected chi connectivity index (χ2v) is 4.83. The summed E-state index contributed by atoms with van der Waals surface area (Å²) in [4.78, 5) is 29.0. The number of carbonyl (C=O) groups is 2. The number of phenols is 1. The van der Waals surface area contributed by atoms with Crippen LogP contribution in [0.5, 0.6) is 11.5 Å². The summed E-state index contributed by atoms with van der Waals surface area (Å²) in [6, 6.07) is 4.41. The third kappa shape index (κ3) is 1.75. The monoisotopic (exact) mass is 278 g/mol. The van der Waals surface area contributed by atoms with Crippen LogP contribution >= 0.6 is 0 Å². The normalized spacial score (nSPS) is 29.4. The van der Waals surface area contributed by atoms with Gasteiger partial charge in [0.2, 0.25) is 5.91 Å². The summed E-state index contributed by atoms with van der Waals surface area (Å²) >= 11 is 0. The molecule has 0 bridgehead atoms. The van der Waals surface area contributed by atoms with E-state index in [1.165, 1.54) is 18.2 Å². The summed E-state index contributed by atoms with van der Waals surface area (Å²) in [6.07, 6.45) is -0.794. The van der Waals surface area contributed by atoms with Gasteiger partial charge >= 0.3 is 0 Å². The number of nitrogens with zero attached hydrogens (tertiary/aromatic N) is 1. The van der Waals surface area contributed by atoms with Gasteiger partial charge in [-0.15, -0.1) is 0 Å². The molecule has 0 radical (unpaired) electrons. The Bertz CT molecular complexity index is 588. The van der Waals surface area contributed by atoms with Gasteiger partial charge in [0.1, 0.15) is 0 Å². The van der Waals surface area contributed by atoms with Crippen molar-refractivity contribution in [3.05, 3.63) is 23.8 Å². The van der Waals surface area contributed by atoms with E-state index in [1.54, 1.807) is 19.2 Å². The van der Waals surface area contributed by atoms with E-state index in [0.29, 0.717) is 5.75 Å². The molecule has 1 aromatic rings. The standard InChI is InChI=1S/C13H14N2O5/c1-15-10(6-3-4-7(16)8(5-6)19-2)9-11(20-15)13(18)14-12(9)17/h3-5,9-11,16H,1-2H3,(H,14,17,18).